The Bertz CT molecular complexity index is 1040. The Morgan fingerprint density at radius 2 is 1.90 bits per heavy atom. The molecule has 8 heteroatoms. The van der Waals surface area contributed by atoms with Crippen LogP contribution in [0.5, 0.6) is 0 Å². The van der Waals surface area contributed by atoms with Gasteiger partial charge in [0, 0.05) is 17.4 Å². The van der Waals surface area contributed by atoms with Crippen molar-refractivity contribution in [3.63, 3.8) is 0 Å². The van der Waals surface area contributed by atoms with Gasteiger partial charge in [-0.05, 0) is 44.1 Å². The summed E-state index contributed by atoms with van der Waals surface area (Å²) in [5.41, 5.74) is 1.69. The van der Waals surface area contributed by atoms with E-state index in [9.17, 15) is 9.59 Å². The number of anilines is 1. The van der Waals surface area contributed by atoms with E-state index in [1.165, 1.54) is 0 Å². The Morgan fingerprint density at radius 1 is 1.14 bits per heavy atom. The number of fused-ring (bicyclic) bond motifs is 1. The average molecular weight is 435 g/mol. The number of hydrogen-bond donors (Lipinski definition) is 3. The van der Waals surface area contributed by atoms with Crippen molar-refractivity contribution in [3.05, 3.63) is 57.8 Å². The number of unbranched alkanes of at least 4 members (excludes halogenated alkanes) is 1. The molecule has 3 aromatic rings. The third kappa shape index (κ3) is 5.79. The molecule has 1 heterocycles. The number of benzene rings is 2. The molecule has 0 bridgehead atoms. The number of H-pyrrole nitrogens is 1. The summed E-state index contributed by atoms with van der Waals surface area (Å²) in [4.78, 5) is 24.2. The van der Waals surface area contributed by atoms with Crippen molar-refractivity contribution in [1.29, 1.82) is 0 Å². The number of halogens is 2. The molecule has 0 atom stereocenters. The second-order valence-electron chi connectivity index (χ2n) is 6.50. The van der Waals surface area contributed by atoms with Crippen molar-refractivity contribution >= 4 is 46.4 Å². The Kier molecular flexibility index (Phi) is 8.64. The first-order valence-corrected chi connectivity index (χ1v) is 9.76. The highest BCUT2D eigenvalue weighted by molar-refractivity contribution is 6.33. The van der Waals surface area contributed by atoms with E-state index in [2.05, 4.69) is 27.8 Å². The molecule has 2 aromatic carbocycles. The van der Waals surface area contributed by atoms with Gasteiger partial charge in [0.15, 0.2) is 0 Å². The maximum Gasteiger partial charge on any atom is 0.272 e. The van der Waals surface area contributed by atoms with Gasteiger partial charge in [-0.3, -0.25) is 9.59 Å². The molecule has 0 aliphatic rings. The monoisotopic (exact) mass is 434 g/mol. The molecule has 3 rings (SSSR count). The van der Waals surface area contributed by atoms with Gasteiger partial charge in [-0.1, -0.05) is 42.8 Å². The molecule has 29 heavy (non-hydrogen) atoms. The molecule has 0 radical (unpaired) electrons. The summed E-state index contributed by atoms with van der Waals surface area (Å²) in [5, 5.41) is 14.6. The molecule has 3 N–H and O–H groups in total. The SMILES string of the molecule is CCNCCCCC(=O)Nc1cc(-c2n[nH]c(=O)c3ccccc23)ccc1Cl.Cl. The standard InChI is InChI=1S/C21H23ClN4O2.ClH/c1-2-23-12-6-5-9-19(27)24-18-13-14(10-11-17(18)22)20-15-7-3-4-8-16(15)21(28)26-25-20;/h3-4,7-8,10-11,13,23H,2,5-6,9,12H2,1H3,(H,24,27)(H,26,28);1H. The van der Waals surface area contributed by atoms with Gasteiger partial charge < -0.3 is 10.6 Å². The molecule has 0 aliphatic heterocycles. The number of nitrogens with one attached hydrogen (secondary N) is 3. The predicted molar refractivity (Wildman–Crippen MR) is 121 cm³/mol. The number of aromatic amines is 1. The lowest BCUT2D eigenvalue weighted by molar-refractivity contribution is -0.116. The van der Waals surface area contributed by atoms with Crippen LogP contribution in [-0.2, 0) is 4.79 Å². The number of amides is 1. The van der Waals surface area contributed by atoms with Gasteiger partial charge in [0.1, 0.15) is 0 Å². The van der Waals surface area contributed by atoms with Crippen LogP contribution in [0.25, 0.3) is 22.0 Å². The predicted octanol–water partition coefficient (Wildman–Crippen LogP) is 4.38. The summed E-state index contributed by atoms with van der Waals surface area (Å²) in [6.45, 7) is 3.90. The molecule has 0 fully saturated rings. The molecular formula is C21H24Cl2N4O2. The largest absolute Gasteiger partial charge is 0.325 e. The van der Waals surface area contributed by atoms with E-state index in [0.717, 1.165) is 36.9 Å². The Labute approximate surface area is 180 Å². The molecule has 0 aliphatic carbocycles. The summed E-state index contributed by atoms with van der Waals surface area (Å²) in [6, 6.07) is 12.6. The van der Waals surface area contributed by atoms with E-state index in [4.69, 9.17) is 11.6 Å². The third-order valence-electron chi connectivity index (χ3n) is 4.47. The topological polar surface area (TPSA) is 86.9 Å². The van der Waals surface area contributed by atoms with Crippen molar-refractivity contribution < 1.29 is 4.79 Å². The molecule has 0 saturated heterocycles. The summed E-state index contributed by atoms with van der Waals surface area (Å²) in [6.07, 6.45) is 2.19. The normalized spacial score (nSPS) is 10.6. The van der Waals surface area contributed by atoms with Gasteiger partial charge in [-0.2, -0.15) is 5.10 Å². The van der Waals surface area contributed by atoms with Crippen LogP contribution < -0.4 is 16.2 Å². The summed E-state index contributed by atoms with van der Waals surface area (Å²) < 4.78 is 0. The van der Waals surface area contributed by atoms with E-state index in [-0.39, 0.29) is 23.9 Å². The maximum absolute atomic E-state index is 12.2. The highest BCUT2D eigenvalue weighted by atomic mass is 35.5. The van der Waals surface area contributed by atoms with E-state index >= 15 is 0 Å². The van der Waals surface area contributed by atoms with Crippen LogP contribution in [0.1, 0.15) is 26.2 Å². The summed E-state index contributed by atoms with van der Waals surface area (Å²) in [5.74, 6) is -0.0742. The van der Waals surface area contributed by atoms with Crippen LogP contribution in [0.15, 0.2) is 47.3 Å². The highest BCUT2D eigenvalue weighted by Gasteiger charge is 2.12. The lowest BCUT2D eigenvalue weighted by atomic mass is 10.0. The fourth-order valence-electron chi connectivity index (χ4n) is 3.03. The van der Waals surface area contributed by atoms with Crippen molar-refractivity contribution in [2.75, 3.05) is 18.4 Å². The van der Waals surface area contributed by atoms with Crippen LogP contribution in [0, 0.1) is 0 Å². The molecule has 0 spiro atoms. The molecule has 0 unspecified atom stereocenters. The zero-order valence-electron chi connectivity index (χ0n) is 16.1. The Hall–Kier alpha value is -2.41. The molecule has 1 aromatic heterocycles. The highest BCUT2D eigenvalue weighted by Crippen LogP contribution is 2.30. The first-order valence-electron chi connectivity index (χ1n) is 9.38. The number of carbonyl (C=O) groups is 1. The van der Waals surface area contributed by atoms with Crippen LogP contribution in [-0.4, -0.2) is 29.2 Å². The third-order valence-corrected chi connectivity index (χ3v) is 4.80. The van der Waals surface area contributed by atoms with Crippen LogP contribution in [0.2, 0.25) is 5.02 Å². The number of carbonyl (C=O) groups excluding carboxylic acids is 1. The minimum absolute atomic E-state index is 0. The number of nitrogens with zero attached hydrogens (tertiary/aromatic N) is 1. The van der Waals surface area contributed by atoms with Crippen LogP contribution in [0.4, 0.5) is 5.69 Å². The van der Waals surface area contributed by atoms with Gasteiger partial charge >= 0.3 is 0 Å². The van der Waals surface area contributed by atoms with Crippen LogP contribution in [0.3, 0.4) is 0 Å². The van der Waals surface area contributed by atoms with E-state index in [1.54, 1.807) is 18.2 Å². The summed E-state index contributed by atoms with van der Waals surface area (Å²) in [7, 11) is 0. The van der Waals surface area contributed by atoms with E-state index < -0.39 is 0 Å². The maximum atomic E-state index is 12.2. The lowest BCUT2D eigenvalue weighted by Crippen LogP contribution is -2.16. The van der Waals surface area contributed by atoms with E-state index in [1.807, 2.05) is 24.3 Å². The zero-order chi connectivity index (χ0) is 19.9. The molecule has 1 amide bonds. The quantitative estimate of drug-likeness (QED) is 0.459. The first-order chi connectivity index (χ1) is 13.6. The average Bonchev–Trinajstić information content (AvgIpc) is 2.70. The van der Waals surface area contributed by atoms with E-state index in [0.29, 0.717) is 28.2 Å². The molecule has 0 saturated carbocycles. The smallest absolute Gasteiger partial charge is 0.272 e. The van der Waals surface area contributed by atoms with Gasteiger partial charge in [0.2, 0.25) is 5.91 Å². The number of aromatic nitrogens is 2. The fraction of sp³-hybridized carbons (Fsp3) is 0.286. The minimum atomic E-state index is -0.237. The van der Waals surface area contributed by atoms with Crippen molar-refractivity contribution in [1.82, 2.24) is 15.5 Å². The van der Waals surface area contributed by atoms with Crippen LogP contribution >= 0.6 is 24.0 Å². The van der Waals surface area contributed by atoms with Crippen molar-refractivity contribution in [2.45, 2.75) is 26.2 Å². The fourth-order valence-corrected chi connectivity index (χ4v) is 3.19. The summed E-state index contributed by atoms with van der Waals surface area (Å²) >= 11 is 6.27. The first kappa shape index (κ1) is 22.9. The zero-order valence-corrected chi connectivity index (χ0v) is 17.7. The number of rotatable bonds is 8. The minimum Gasteiger partial charge on any atom is -0.325 e. The van der Waals surface area contributed by atoms with Gasteiger partial charge in [0.05, 0.1) is 21.8 Å². The Morgan fingerprint density at radius 3 is 2.66 bits per heavy atom. The van der Waals surface area contributed by atoms with Gasteiger partial charge in [-0.15, -0.1) is 12.4 Å². The van der Waals surface area contributed by atoms with Gasteiger partial charge in [-0.25, -0.2) is 5.10 Å². The van der Waals surface area contributed by atoms with Gasteiger partial charge in [0.25, 0.3) is 5.56 Å². The van der Waals surface area contributed by atoms with Crippen molar-refractivity contribution in [3.8, 4) is 11.3 Å². The number of hydrogen-bond acceptors (Lipinski definition) is 4. The molecule has 6 nitrogen and oxygen atoms in total. The van der Waals surface area contributed by atoms with Crippen molar-refractivity contribution in [2.24, 2.45) is 0 Å². The molecule has 154 valence electrons. The second kappa shape index (κ2) is 11.0. The second-order valence-corrected chi connectivity index (χ2v) is 6.91. The molecular weight excluding hydrogens is 411 g/mol. The lowest BCUT2D eigenvalue weighted by Gasteiger charge is -2.11. The Balaban J connectivity index is 0.00000300.